The molecular formula is C31H30N2. The van der Waals surface area contributed by atoms with Crippen LogP contribution in [0, 0.1) is 13.8 Å². The normalized spacial score (nSPS) is 16.4. The molecule has 164 valence electrons. The summed E-state index contributed by atoms with van der Waals surface area (Å²) in [5.41, 5.74) is 11.3. The SMILES string of the molecule is [2H]Cc1cc(-c2ncccn2)cc(C([2H])(C)C)c1C1C(c2ccccc2C)=C(C)c2ccccc21. The zero-order valence-electron chi connectivity index (χ0n) is 21.7. The van der Waals surface area contributed by atoms with Gasteiger partial charge < -0.3 is 0 Å². The molecule has 33 heavy (non-hydrogen) atoms. The van der Waals surface area contributed by atoms with Crippen LogP contribution < -0.4 is 0 Å². The smallest absolute Gasteiger partial charge is 0.159 e. The Morgan fingerprint density at radius 3 is 2.24 bits per heavy atom. The largest absolute Gasteiger partial charge is 0.237 e. The maximum absolute atomic E-state index is 9.14. The molecule has 1 heterocycles. The molecule has 2 heteroatoms. The monoisotopic (exact) mass is 432 g/mol. The molecule has 0 spiro atoms. The van der Waals surface area contributed by atoms with Gasteiger partial charge >= 0.3 is 0 Å². The average Bonchev–Trinajstić information content (AvgIpc) is 3.15. The van der Waals surface area contributed by atoms with Crippen LogP contribution in [0.4, 0.5) is 0 Å². The molecule has 0 N–H and O–H groups in total. The lowest BCUT2D eigenvalue weighted by atomic mass is 9.77. The summed E-state index contributed by atoms with van der Waals surface area (Å²) in [6.07, 6.45) is 3.47. The van der Waals surface area contributed by atoms with E-state index in [1.165, 1.54) is 33.4 Å². The van der Waals surface area contributed by atoms with Gasteiger partial charge in [0.1, 0.15) is 0 Å². The van der Waals surface area contributed by atoms with Gasteiger partial charge in [-0.3, -0.25) is 0 Å². The van der Waals surface area contributed by atoms with E-state index >= 15 is 0 Å². The Morgan fingerprint density at radius 2 is 1.55 bits per heavy atom. The van der Waals surface area contributed by atoms with Crippen LogP contribution in [0.5, 0.6) is 0 Å². The van der Waals surface area contributed by atoms with E-state index in [2.05, 4.69) is 84.5 Å². The number of aryl methyl sites for hydroxylation is 2. The summed E-state index contributed by atoms with van der Waals surface area (Å²) in [7, 11) is 0. The summed E-state index contributed by atoms with van der Waals surface area (Å²) >= 11 is 0. The van der Waals surface area contributed by atoms with Crippen molar-refractivity contribution in [2.24, 2.45) is 0 Å². The van der Waals surface area contributed by atoms with Crippen LogP contribution >= 0.6 is 0 Å². The van der Waals surface area contributed by atoms with E-state index in [4.69, 9.17) is 2.74 Å². The van der Waals surface area contributed by atoms with Gasteiger partial charge in [-0.05, 0) is 94.9 Å². The average molecular weight is 433 g/mol. The fourth-order valence-electron chi connectivity index (χ4n) is 5.18. The van der Waals surface area contributed by atoms with Crippen LogP contribution in [-0.2, 0) is 0 Å². The Balaban J connectivity index is 1.85. The third kappa shape index (κ3) is 3.60. The van der Waals surface area contributed by atoms with Gasteiger partial charge in [0, 0.05) is 26.6 Å². The van der Waals surface area contributed by atoms with Gasteiger partial charge in [-0.2, -0.15) is 0 Å². The van der Waals surface area contributed by atoms with E-state index in [9.17, 15) is 0 Å². The number of rotatable bonds is 4. The van der Waals surface area contributed by atoms with E-state index in [-0.39, 0.29) is 12.8 Å². The van der Waals surface area contributed by atoms with Gasteiger partial charge in [0.05, 0.1) is 0 Å². The first-order chi connectivity index (χ1) is 16.8. The molecule has 3 aromatic carbocycles. The zero-order valence-corrected chi connectivity index (χ0v) is 19.7. The van der Waals surface area contributed by atoms with E-state index < -0.39 is 5.89 Å². The number of aromatic nitrogens is 2. The molecule has 0 saturated heterocycles. The van der Waals surface area contributed by atoms with Crippen molar-refractivity contribution in [2.75, 3.05) is 0 Å². The van der Waals surface area contributed by atoms with Crippen LogP contribution in [0.1, 0.15) is 74.3 Å². The molecule has 5 rings (SSSR count). The quantitative estimate of drug-likeness (QED) is 0.327. The molecule has 1 aliphatic rings. The molecule has 1 aromatic heterocycles. The van der Waals surface area contributed by atoms with E-state index in [1.807, 2.05) is 13.8 Å². The van der Waals surface area contributed by atoms with Gasteiger partial charge in [0.15, 0.2) is 5.82 Å². The maximum atomic E-state index is 9.14. The minimum Gasteiger partial charge on any atom is -0.237 e. The second-order valence-corrected chi connectivity index (χ2v) is 9.04. The van der Waals surface area contributed by atoms with Gasteiger partial charge in [-0.25, -0.2) is 9.97 Å². The molecule has 0 amide bonds. The fraction of sp³-hybridized carbons (Fsp3) is 0.226. The zero-order chi connectivity index (χ0) is 24.7. The van der Waals surface area contributed by atoms with Gasteiger partial charge in [-0.1, -0.05) is 62.4 Å². The molecule has 2 nitrogen and oxygen atoms in total. The highest BCUT2D eigenvalue weighted by molar-refractivity contribution is 6.01. The minimum absolute atomic E-state index is 0.0435. The minimum atomic E-state index is -0.869. The molecular weight excluding hydrogens is 400 g/mol. The molecule has 0 radical (unpaired) electrons. The number of hydrogen-bond donors (Lipinski definition) is 0. The number of nitrogens with zero attached hydrogens (tertiary/aromatic N) is 2. The predicted molar refractivity (Wildman–Crippen MR) is 138 cm³/mol. The van der Waals surface area contributed by atoms with Crippen molar-refractivity contribution in [3.05, 3.63) is 118 Å². The van der Waals surface area contributed by atoms with Crippen molar-refractivity contribution in [2.45, 2.75) is 46.4 Å². The van der Waals surface area contributed by atoms with Crippen LogP contribution in [-0.4, -0.2) is 9.97 Å². The Hall–Kier alpha value is -3.52. The second kappa shape index (κ2) is 8.44. The maximum Gasteiger partial charge on any atom is 0.159 e. The Bertz CT molecular complexity index is 1430. The summed E-state index contributed by atoms with van der Waals surface area (Å²) in [6, 6.07) is 23.1. The van der Waals surface area contributed by atoms with Gasteiger partial charge in [-0.15, -0.1) is 0 Å². The van der Waals surface area contributed by atoms with Gasteiger partial charge in [0.25, 0.3) is 0 Å². The highest BCUT2D eigenvalue weighted by Crippen LogP contribution is 2.53. The third-order valence-electron chi connectivity index (χ3n) is 6.72. The summed E-state index contributed by atoms with van der Waals surface area (Å²) in [4.78, 5) is 8.91. The lowest BCUT2D eigenvalue weighted by molar-refractivity contribution is 0.833. The molecule has 1 aliphatic carbocycles. The van der Waals surface area contributed by atoms with Crippen molar-refractivity contribution in [1.29, 1.82) is 0 Å². The van der Waals surface area contributed by atoms with Crippen molar-refractivity contribution < 1.29 is 2.74 Å². The lowest BCUT2D eigenvalue weighted by Gasteiger charge is -2.26. The predicted octanol–water partition coefficient (Wildman–Crippen LogP) is 7.96. The molecule has 0 bridgehead atoms. The van der Waals surface area contributed by atoms with Crippen LogP contribution in [0.25, 0.3) is 22.5 Å². The van der Waals surface area contributed by atoms with E-state index in [1.54, 1.807) is 18.5 Å². The molecule has 1 unspecified atom stereocenters. The van der Waals surface area contributed by atoms with E-state index in [0.29, 0.717) is 5.82 Å². The number of fused-ring (bicyclic) bond motifs is 1. The standard InChI is InChI=1S/C31H30N2/c1-19(2)27-18-23(31-32-15-10-16-33-31)17-21(4)28(27)30-26-14-9-8-13-25(26)22(5)29(30)24-12-7-6-11-20(24)3/h6-19,30H,1-5H3/i4D,19D. The number of hydrogen-bond acceptors (Lipinski definition) is 2. The summed E-state index contributed by atoms with van der Waals surface area (Å²) in [5.74, 6) is -0.290. The molecule has 0 aliphatic heterocycles. The molecule has 1 atom stereocenters. The van der Waals surface area contributed by atoms with Crippen molar-refractivity contribution >= 4 is 11.1 Å². The number of benzene rings is 3. The van der Waals surface area contributed by atoms with Gasteiger partial charge in [0.2, 0.25) is 0 Å². The fourth-order valence-corrected chi connectivity index (χ4v) is 5.18. The van der Waals surface area contributed by atoms with Crippen molar-refractivity contribution in [3.8, 4) is 11.4 Å². The Kier molecular flexibility index (Phi) is 4.86. The van der Waals surface area contributed by atoms with Crippen LogP contribution in [0.2, 0.25) is 0 Å². The first-order valence-corrected chi connectivity index (χ1v) is 11.4. The first kappa shape index (κ1) is 19.0. The summed E-state index contributed by atoms with van der Waals surface area (Å²) in [5, 5.41) is 0. The third-order valence-corrected chi connectivity index (χ3v) is 6.72. The Labute approximate surface area is 199 Å². The molecule has 0 saturated carbocycles. The van der Waals surface area contributed by atoms with Crippen molar-refractivity contribution in [3.63, 3.8) is 0 Å². The second-order valence-electron chi connectivity index (χ2n) is 9.04. The topological polar surface area (TPSA) is 25.8 Å². The molecule has 4 aromatic rings. The Morgan fingerprint density at radius 1 is 0.848 bits per heavy atom. The molecule has 0 fully saturated rings. The van der Waals surface area contributed by atoms with Crippen LogP contribution in [0.15, 0.2) is 79.1 Å². The lowest BCUT2D eigenvalue weighted by Crippen LogP contribution is -2.10. The number of allylic oxidation sites excluding steroid dienone is 2. The highest BCUT2D eigenvalue weighted by atomic mass is 14.8. The van der Waals surface area contributed by atoms with Crippen LogP contribution in [0.3, 0.4) is 0 Å². The highest BCUT2D eigenvalue weighted by Gasteiger charge is 2.34. The summed E-state index contributed by atoms with van der Waals surface area (Å²) in [6.45, 7) is 8.35. The van der Waals surface area contributed by atoms with E-state index in [0.717, 1.165) is 22.3 Å². The summed E-state index contributed by atoms with van der Waals surface area (Å²) < 4.78 is 17.7. The van der Waals surface area contributed by atoms with Crippen molar-refractivity contribution in [1.82, 2.24) is 9.97 Å². The first-order valence-electron chi connectivity index (χ1n) is 12.6.